The maximum absolute atomic E-state index is 5.96. The van der Waals surface area contributed by atoms with Gasteiger partial charge in [0.2, 0.25) is 5.88 Å². The number of fused-ring (bicyclic) bond motifs is 2. The van der Waals surface area contributed by atoms with Crippen LogP contribution < -0.4 is 4.74 Å². The van der Waals surface area contributed by atoms with Crippen molar-refractivity contribution in [3.05, 3.63) is 53.2 Å². The summed E-state index contributed by atoms with van der Waals surface area (Å²) in [4.78, 5) is 4.52. The van der Waals surface area contributed by atoms with E-state index in [2.05, 4.69) is 44.0 Å². The number of aromatic nitrogens is 1. The largest absolute Gasteiger partial charge is 0.438 e. The zero-order chi connectivity index (χ0) is 13.5. The molecule has 0 bridgehead atoms. The normalized spacial score (nSPS) is 14.1. The molecule has 0 amide bonds. The van der Waals surface area contributed by atoms with Crippen LogP contribution in [0, 0.1) is 0 Å². The number of aryl methyl sites for hydroxylation is 2. The first-order valence-electron chi connectivity index (χ1n) is 6.79. The number of para-hydroxylation sites is 1. The minimum atomic E-state index is 0.126. The van der Waals surface area contributed by atoms with Crippen LogP contribution in [0.3, 0.4) is 0 Å². The average Bonchev–Trinajstić information content (AvgIpc) is 2.55. The van der Waals surface area contributed by atoms with Gasteiger partial charge in [-0.05, 0) is 41.5 Å². The van der Waals surface area contributed by atoms with Crippen LogP contribution in [-0.4, -0.2) is 4.98 Å². The van der Waals surface area contributed by atoms with E-state index in [0.717, 1.165) is 24.5 Å². The van der Waals surface area contributed by atoms with E-state index in [9.17, 15) is 0 Å². The molecular formula is C17H19NO. The van der Waals surface area contributed by atoms with E-state index in [1.165, 1.54) is 16.7 Å². The molecule has 0 N–H and O–H groups in total. The topological polar surface area (TPSA) is 22.1 Å². The quantitative estimate of drug-likeness (QED) is 0.699. The van der Waals surface area contributed by atoms with Gasteiger partial charge in [0.05, 0.1) is 0 Å². The molecule has 0 radical (unpaired) electrons. The van der Waals surface area contributed by atoms with Crippen molar-refractivity contribution in [2.45, 2.75) is 39.0 Å². The summed E-state index contributed by atoms with van der Waals surface area (Å²) in [6.07, 6.45) is 3.94. The summed E-state index contributed by atoms with van der Waals surface area (Å²) >= 11 is 0. The Bertz CT molecular complexity index is 611. The van der Waals surface area contributed by atoms with Gasteiger partial charge in [0.25, 0.3) is 0 Å². The number of nitrogens with zero attached hydrogens (tertiary/aromatic N) is 1. The standard InChI is InChI=1S/C17H19NO/c1-17(2,3)14-10-13-9-8-12-6-4-5-7-15(12)19-16(13)18-11-14/h4-7,10-11H,8-9H2,1-3H3. The lowest BCUT2D eigenvalue weighted by Gasteiger charge is -2.19. The first-order chi connectivity index (χ1) is 9.04. The molecule has 0 saturated heterocycles. The maximum atomic E-state index is 5.96. The van der Waals surface area contributed by atoms with Gasteiger partial charge >= 0.3 is 0 Å². The Hall–Kier alpha value is -1.83. The highest BCUT2D eigenvalue weighted by Crippen LogP contribution is 2.34. The van der Waals surface area contributed by atoms with Gasteiger partial charge in [0.1, 0.15) is 5.75 Å². The van der Waals surface area contributed by atoms with Crippen LogP contribution in [-0.2, 0) is 18.3 Å². The third-order valence-corrected chi connectivity index (χ3v) is 3.63. The third-order valence-electron chi connectivity index (χ3n) is 3.63. The van der Waals surface area contributed by atoms with Gasteiger partial charge in [-0.3, -0.25) is 0 Å². The molecule has 0 unspecified atom stereocenters. The Morgan fingerprint density at radius 2 is 1.79 bits per heavy atom. The molecule has 0 spiro atoms. The Labute approximate surface area is 114 Å². The number of hydrogen-bond donors (Lipinski definition) is 0. The first-order valence-corrected chi connectivity index (χ1v) is 6.79. The van der Waals surface area contributed by atoms with Gasteiger partial charge in [0.15, 0.2) is 0 Å². The zero-order valence-corrected chi connectivity index (χ0v) is 11.7. The molecule has 0 atom stereocenters. The van der Waals surface area contributed by atoms with Crippen molar-refractivity contribution in [1.29, 1.82) is 0 Å². The van der Waals surface area contributed by atoms with Crippen LogP contribution in [0.15, 0.2) is 36.5 Å². The molecule has 19 heavy (non-hydrogen) atoms. The van der Waals surface area contributed by atoms with E-state index in [1.54, 1.807) is 0 Å². The van der Waals surface area contributed by atoms with Gasteiger partial charge in [-0.1, -0.05) is 39.0 Å². The molecule has 1 aliphatic rings. The molecule has 1 aromatic carbocycles. The number of rotatable bonds is 0. The minimum Gasteiger partial charge on any atom is -0.438 e. The lowest BCUT2D eigenvalue weighted by atomic mass is 9.87. The Balaban J connectivity index is 2.02. The molecule has 1 aliphatic heterocycles. The summed E-state index contributed by atoms with van der Waals surface area (Å²) in [7, 11) is 0. The highest BCUT2D eigenvalue weighted by molar-refractivity contribution is 5.43. The van der Waals surface area contributed by atoms with Gasteiger partial charge in [-0.15, -0.1) is 0 Å². The van der Waals surface area contributed by atoms with Gasteiger partial charge < -0.3 is 4.74 Å². The molecule has 3 rings (SSSR count). The van der Waals surface area contributed by atoms with Crippen molar-refractivity contribution in [1.82, 2.24) is 4.98 Å². The SMILES string of the molecule is CC(C)(C)c1cnc2c(c1)CCc1ccccc1O2. The van der Waals surface area contributed by atoms with Crippen molar-refractivity contribution >= 4 is 0 Å². The van der Waals surface area contributed by atoms with Crippen LogP contribution in [0.4, 0.5) is 0 Å². The lowest BCUT2D eigenvalue weighted by molar-refractivity contribution is 0.457. The minimum absolute atomic E-state index is 0.126. The van der Waals surface area contributed by atoms with E-state index in [1.807, 2.05) is 18.3 Å². The zero-order valence-electron chi connectivity index (χ0n) is 11.7. The summed E-state index contributed by atoms with van der Waals surface area (Å²) in [6, 6.07) is 10.5. The van der Waals surface area contributed by atoms with Crippen LogP contribution in [0.5, 0.6) is 11.6 Å². The van der Waals surface area contributed by atoms with E-state index in [4.69, 9.17) is 4.74 Å². The highest BCUT2D eigenvalue weighted by Gasteiger charge is 2.20. The van der Waals surface area contributed by atoms with Gasteiger partial charge in [-0.25, -0.2) is 4.98 Å². The predicted octanol–water partition coefficient (Wildman–Crippen LogP) is 4.27. The summed E-state index contributed by atoms with van der Waals surface area (Å²) in [5.74, 6) is 1.70. The summed E-state index contributed by atoms with van der Waals surface area (Å²) in [5.41, 5.74) is 3.86. The molecule has 0 fully saturated rings. The number of pyridine rings is 1. The molecular weight excluding hydrogens is 234 g/mol. The molecule has 2 nitrogen and oxygen atoms in total. The smallest absolute Gasteiger partial charge is 0.222 e. The van der Waals surface area contributed by atoms with Crippen molar-refractivity contribution in [3.63, 3.8) is 0 Å². The third kappa shape index (κ3) is 2.35. The van der Waals surface area contributed by atoms with Crippen LogP contribution in [0.2, 0.25) is 0 Å². The molecule has 98 valence electrons. The second kappa shape index (κ2) is 4.37. The number of ether oxygens (including phenoxy) is 1. The monoisotopic (exact) mass is 253 g/mol. The molecule has 2 heteroatoms. The fourth-order valence-electron chi connectivity index (χ4n) is 2.36. The summed E-state index contributed by atoms with van der Waals surface area (Å²) in [5, 5.41) is 0. The summed E-state index contributed by atoms with van der Waals surface area (Å²) < 4.78 is 5.96. The van der Waals surface area contributed by atoms with Crippen molar-refractivity contribution in [2.75, 3.05) is 0 Å². The van der Waals surface area contributed by atoms with Crippen LogP contribution in [0.25, 0.3) is 0 Å². The second-order valence-electron chi connectivity index (χ2n) is 6.15. The van der Waals surface area contributed by atoms with Gasteiger partial charge in [-0.2, -0.15) is 0 Å². The van der Waals surface area contributed by atoms with Crippen LogP contribution in [0.1, 0.15) is 37.5 Å². The van der Waals surface area contributed by atoms with E-state index in [-0.39, 0.29) is 5.41 Å². The fraction of sp³-hybridized carbons (Fsp3) is 0.353. The fourth-order valence-corrected chi connectivity index (χ4v) is 2.36. The molecule has 0 aliphatic carbocycles. The molecule has 2 heterocycles. The predicted molar refractivity (Wildman–Crippen MR) is 76.9 cm³/mol. The van der Waals surface area contributed by atoms with E-state index in [0.29, 0.717) is 0 Å². The molecule has 2 aromatic rings. The molecule has 1 aromatic heterocycles. The maximum Gasteiger partial charge on any atom is 0.222 e. The van der Waals surface area contributed by atoms with Crippen LogP contribution >= 0.6 is 0 Å². The average molecular weight is 253 g/mol. The van der Waals surface area contributed by atoms with E-state index < -0.39 is 0 Å². The molecule has 0 saturated carbocycles. The lowest BCUT2D eigenvalue weighted by Crippen LogP contribution is -2.12. The Morgan fingerprint density at radius 3 is 2.58 bits per heavy atom. The second-order valence-corrected chi connectivity index (χ2v) is 6.15. The highest BCUT2D eigenvalue weighted by atomic mass is 16.5. The van der Waals surface area contributed by atoms with E-state index >= 15 is 0 Å². The number of benzene rings is 1. The summed E-state index contributed by atoms with van der Waals surface area (Å²) in [6.45, 7) is 6.63. The van der Waals surface area contributed by atoms with Crippen molar-refractivity contribution in [2.24, 2.45) is 0 Å². The van der Waals surface area contributed by atoms with Gasteiger partial charge in [0, 0.05) is 11.8 Å². The Morgan fingerprint density at radius 1 is 1.05 bits per heavy atom. The van der Waals surface area contributed by atoms with Crippen molar-refractivity contribution in [3.8, 4) is 11.6 Å². The van der Waals surface area contributed by atoms with Crippen molar-refractivity contribution < 1.29 is 4.74 Å². The first kappa shape index (κ1) is 12.2. The number of hydrogen-bond acceptors (Lipinski definition) is 2. The Kier molecular flexibility index (Phi) is 2.81.